The number of benzene rings is 3. The minimum absolute atomic E-state index is 0.00815. The molecule has 2 aromatic heterocycles. The summed E-state index contributed by atoms with van der Waals surface area (Å²) in [6.45, 7) is 7.83. The van der Waals surface area contributed by atoms with E-state index in [-0.39, 0.29) is 37.9 Å². The predicted molar refractivity (Wildman–Crippen MR) is 215 cm³/mol. The van der Waals surface area contributed by atoms with Gasteiger partial charge in [0.25, 0.3) is 0 Å². The molecule has 2 aliphatic rings. The molecular weight excluding hydrogens is 775 g/mol. The molecule has 4 heterocycles. The molecule has 3 aromatic carbocycles. The van der Waals surface area contributed by atoms with Gasteiger partial charge in [0.2, 0.25) is 5.79 Å². The Kier molecular flexibility index (Phi) is 12.5. The van der Waals surface area contributed by atoms with Crippen LogP contribution in [-0.4, -0.2) is 99.3 Å². The van der Waals surface area contributed by atoms with Gasteiger partial charge in [-0.05, 0) is 74.5 Å². The summed E-state index contributed by atoms with van der Waals surface area (Å²) in [7, 11) is 0. The first kappa shape index (κ1) is 40.2. The number of piperazine rings is 1. The topological polar surface area (TPSA) is 183 Å². The number of nitrogens with zero attached hydrogens (tertiary/aromatic N) is 8. The van der Waals surface area contributed by atoms with Crippen LogP contribution in [0.5, 0.6) is 5.75 Å². The third-order valence-electron chi connectivity index (χ3n) is 10.3. The van der Waals surface area contributed by atoms with Crippen molar-refractivity contribution in [2.24, 2.45) is 11.5 Å². The van der Waals surface area contributed by atoms with Crippen molar-refractivity contribution in [1.82, 2.24) is 29.1 Å². The number of carbonyl (C=O) groups excluding carboxylic acids is 1. The molecule has 5 unspecified atom stereocenters. The quantitative estimate of drug-likeness (QED) is 0.146. The zero-order valence-corrected chi connectivity index (χ0v) is 33.2. The van der Waals surface area contributed by atoms with Crippen molar-refractivity contribution >= 4 is 40.5 Å². The van der Waals surface area contributed by atoms with Gasteiger partial charge in [0.15, 0.2) is 0 Å². The maximum Gasteiger partial charge on any atom is 0.350 e. The van der Waals surface area contributed by atoms with E-state index in [1.165, 1.54) is 21.9 Å². The molecule has 0 spiro atoms. The first-order valence-electron chi connectivity index (χ1n) is 18.8. The van der Waals surface area contributed by atoms with Crippen molar-refractivity contribution < 1.29 is 23.7 Å². The number of esters is 1. The first-order valence-corrected chi connectivity index (χ1v) is 19.5. The summed E-state index contributed by atoms with van der Waals surface area (Å²) in [4.78, 5) is 34.2. The van der Waals surface area contributed by atoms with Gasteiger partial charge in [-0.15, -0.1) is 0 Å². The molecule has 4 N–H and O–H groups in total. The largest absolute Gasteiger partial charge is 0.491 e. The molecule has 0 saturated carbocycles. The molecule has 57 heavy (non-hydrogen) atoms. The number of halogens is 2. The Labute approximate surface area is 339 Å². The van der Waals surface area contributed by atoms with E-state index in [1.807, 2.05) is 36.4 Å². The van der Waals surface area contributed by atoms with Crippen molar-refractivity contribution in [3.8, 4) is 11.4 Å². The van der Waals surface area contributed by atoms with Crippen molar-refractivity contribution in [2.75, 3.05) is 55.7 Å². The third kappa shape index (κ3) is 9.27. The predicted octanol–water partition coefficient (Wildman–Crippen LogP) is 3.78. The Bertz CT molecular complexity index is 2160. The van der Waals surface area contributed by atoms with Crippen LogP contribution in [0.1, 0.15) is 31.9 Å². The second-order valence-electron chi connectivity index (χ2n) is 14.2. The molecule has 18 heteroatoms. The smallest absolute Gasteiger partial charge is 0.350 e. The second kappa shape index (κ2) is 17.7. The van der Waals surface area contributed by atoms with Gasteiger partial charge in [0, 0.05) is 60.7 Å². The van der Waals surface area contributed by atoms with E-state index in [2.05, 4.69) is 37.1 Å². The van der Waals surface area contributed by atoms with Crippen LogP contribution in [0.25, 0.3) is 5.69 Å². The minimum atomic E-state index is -1.18. The molecular formula is C39H46Cl2N10O6. The normalized spacial score (nSPS) is 20.0. The summed E-state index contributed by atoms with van der Waals surface area (Å²) in [6, 6.07) is 20.1. The lowest BCUT2D eigenvalue weighted by molar-refractivity contribution is -0.190. The Morgan fingerprint density at radius 3 is 2.25 bits per heavy atom. The molecule has 0 amide bonds. The maximum atomic E-state index is 13.3. The summed E-state index contributed by atoms with van der Waals surface area (Å²) in [5, 5.41) is 9.48. The molecule has 5 aromatic rings. The van der Waals surface area contributed by atoms with Gasteiger partial charge in [0.1, 0.15) is 50.1 Å². The fourth-order valence-corrected chi connectivity index (χ4v) is 7.45. The number of nitrogens with two attached hydrogens (primary N) is 2. The lowest BCUT2D eigenvalue weighted by Crippen LogP contribution is -2.46. The first-order chi connectivity index (χ1) is 27.5. The van der Waals surface area contributed by atoms with E-state index in [9.17, 15) is 9.59 Å². The Morgan fingerprint density at radius 2 is 1.61 bits per heavy atom. The van der Waals surface area contributed by atoms with Crippen LogP contribution in [0.3, 0.4) is 0 Å². The lowest BCUT2D eigenvalue weighted by Gasteiger charge is -2.37. The van der Waals surface area contributed by atoms with Crippen LogP contribution in [-0.2, 0) is 31.3 Å². The van der Waals surface area contributed by atoms with Gasteiger partial charge < -0.3 is 40.2 Å². The number of hydrogen-bond donors (Lipinski definition) is 2. The summed E-state index contributed by atoms with van der Waals surface area (Å²) in [5.74, 6) is -0.923. The summed E-state index contributed by atoms with van der Waals surface area (Å²) in [6.07, 6.45) is 3.59. The standard InChI is InChI=1S/C39H46Cl2N10O6/c1-26(27(2)56-37(52)18-29(43)19-42)51-38(53)50(25-46-51)32-6-4-30(5-7-32)47-13-15-48(16-14-47)31-8-10-33(11-9-31)54-20-34-21-55-39(57-34,22-49-24-44-23-45-49)35-12-3-28(40)17-36(35)41/h3-12,17,23-27,29,34H,13-16,18-22,42-43H2,1-2H3. The molecule has 5 atom stereocenters. The molecule has 0 radical (unpaired) electrons. The molecule has 302 valence electrons. The van der Waals surface area contributed by atoms with E-state index in [0.29, 0.717) is 27.9 Å². The average molecular weight is 822 g/mol. The summed E-state index contributed by atoms with van der Waals surface area (Å²) >= 11 is 12.8. The highest BCUT2D eigenvalue weighted by Crippen LogP contribution is 2.40. The Hall–Kier alpha value is -4.97. The SMILES string of the molecule is CC(OC(=O)CC(N)CN)C(C)n1ncn(-c2ccc(N3CCN(c4ccc(OCC5COC(Cn6cncn6)(c6ccc(Cl)cc6Cl)O5)cc4)CC3)cc2)c1=O. The zero-order valence-electron chi connectivity index (χ0n) is 31.7. The van der Waals surface area contributed by atoms with E-state index in [4.69, 9.17) is 53.6 Å². The molecule has 16 nitrogen and oxygen atoms in total. The number of aromatic nitrogens is 6. The number of ether oxygens (including phenoxy) is 4. The van der Waals surface area contributed by atoms with Gasteiger partial charge in [-0.2, -0.15) is 10.2 Å². The van der Waals surface area contributed by atoms with Crippen molar-refractivity contribution in [2.45, 2.75) is 56.9 Å². The summed E-state index contributed by atoms with van der Waals surface area (Å²) < 4.78 is 28.8. The van der Waals surface area contributed by atoms with Gasteiger partial charge in [-0.3, -0.25) is 4.79 Å². The van der Waals surface area contributed by atoms with E-state index in [1.54, 1.807) is 43.1 Å². The third-order valence-corrected chi connectivity index (χ3v) is 10.8. The molecule has 0 bridgehead atoms. The number of rotatable bonds is 15. The highest BCUT2D eigenvalue weighted by molar-refractivity contribution is 6.35. The van der Waals surface area contributed by atoms with Gasteiger partial charge in [-0.1, -0.05) is 29.3 Å². The van der Waals surface area contributed by atoms with Crippen LogP contribution in [0.2, 0.25) is 10.0 Å². The molecule has 2 saturated heterocycles. The van der Waals surface area contributed by atoms with Crippen molar-refractivity contribution in [3.05, 3.63) is 112 Å². The minimum Gasteiger partial charge on any atom is -0.491 e. The average Bonchev–Trinajstić information content (AvgIpc) is 3.98. The number of anilines is 2. The Balaban J connectivity index is 0.898. The van der Waals surface area contributed by atoms with Crippen LogP contribution in [0.15, 0.2) is 90.5 Å². The second-order valence-corrected chi connectivity index (χ2v) is 15.0. The van der Waals surface area contributed by atoms with Gasteiger partial charge in [-0.25, -0.2) is 23.7 Å². The molecule has 7 rings (SSSR count). The van der Waals surface area contributed by atoms with Crippen LogP contribution >= 0.6 is 23.2 Å². The fraction of sp³-hybridized carbons (Fsp3) is 0.410. The fourth-order valence-electron chi connectivity index (χ4n) is 6.89. The van der Waals surface area contributed by atoms with E-state index in [0.717, 1.165) is 43.3 Å². The zero-order chi connectivity index (χ0) is 40.1. The summed E-state index contributed by atoms with van der Waals surface area (Å²) in [5.41, 5.74) is 14.4. The van der Waals surface area contributed by atoms with Crippen LogP contribution in [0, 0.1) is 0 Å². The van der Waals surface area contributed by atoms with Crippen molar-refractivity contribution in [1.29, 1.82) is 0 Å². The number of hydrogen-bond acceptors (Lipinski definition) is 13. The maximum absolute atomic E-state index is 13.3. The lowest BCUT2D eigenvalue weighted by atomic mass is 10.1. The Morgan fingerprint density at radius 1 is 0.947 bits per heavy atom. The molecule has 2 fully saturated rings. The monoisotopic (exact) mass is 820 g/mol. The van der Waals surface area contributed by atoms with Crippen LogP contribution in [0.4, 0.5) is 11.4 Å². The molecule has 2 aliphatic heterocycles. The van der Waals surface area contributed by atoms with E-state index >= 15 is 0 Å². The van der Waals surface area contributed by atoms with Gasteiger partial charge >= 0.3 is 11.7 Å². The molecule has 0 aliphatic carbocycles. The van der Waals surface area contributed by atoms with Crippen molar-refractivity contribution in [3.63, 3.8) is 0 Å². The number of carbonyl (C=O) groups is 1. The highest BCUT2D eigenvalue weighted by atomic mass is 35.5. The highest BCUT2D eigenvalue weighted by Gasteiger charge is 2.45. The van der Waals surface area contributed by atoms with Crippen LogP contribution < -0.4 is 31.7 Å². The van der Waals surface area contributed by atoms with Gasteiger partial charge in [0.05, 0.1) is 29.8 Å². The van der Waals surface area contributed by atoms with E-state index < -0.39 is 29.9 Å².